The molecule has 1 amide bonds. The third-order valence-electron chi connectivity index (χ3n) is 3.37. The van der Waals surface area contributed by atoms with Crippen LogP contribution in [-0.2, 0) is 16.0 Å². The van der Waals surface area contributed by atoms with Crippen LogP contribution in [0.3, 0.4) is 0 Å². The van der Waals surface area contributed by atoms with Gasteiger partial charge in [0.15, 0.2) is 0 Å². The van der Waals surface area contributed by atoms with Gasteiger partial charge in [0.05, 0.1) is 22.4 Å². The molecule has 4 nitrogen and oxygen atoms in total. The minimum atomic E-state index is -1.04. The van der Waals surface area contributed by atoms with Gasteiger partial charge in [-0.1, -0.05) is 46.9 Å². The number of halogens is 3. The number of aliphatic carboxylic acids is 1. The molecule has 2 aromatic rings. The molecule has 0 saturated heterocycles. The van der Waals surface area contributed by atoms with Crippen LogP contribution in [0.5, 0.6) is 0 Å². The van der Waals surface area contributed by atoms with Gasteiger partial charge in [0.2, 0.25) is 5.91 Å². The molecule has 0 radical (unpaired) electrons. The molecule has 0 bridgehead atoms. The van der Waals surface area contributed by atoms with E-state index < -0.39 is 17.8 Å². The Morgan fingerprint density at radius 1 is 1.00 bits per heavy atom. The van der Waals surface area contributed by atoms with Gasteiger partial charge in [-0.15, -0.1) is 0 Å². The first-order valence-corrected chi connectivity index (χ1v) is 8.20. The minimum Gasteiger partial charge on any atom is -0.481 e. The van der Waals surface area contributed by atoms with Gasteiger partial charge in [0.25, 0.3) is 0 Å². The number of nitrogens with one attached hydrogen (secondary N) is 1. The van der Waals surface area contributed by atoms with Crippen molar-refractivity contribution in [1.82, 2.24) is 0 Å². The lowest BCUT2D eigenvalue weighted by Crippen LogP contribution is -2.27. The van der Waals surface area contributed by atoms with E-state index in [4.69, 9.17) is 39.9 Å². The Balaban J connectivity index is 2.13. The van der Waals surface area contributed by atoms with Crippen LogP contribution in [0.1, 0.15) is 12.0 Å². The van der Waals surface area contributed by atoms with Crippen LogP contribution in [0.4, 0.5) is 5.69 Å². The van der Waals surface area contributed by atoms with Gasteiger partial charge in [0.1, 0.15) is 0 Å². The van der Waals surface area contributed by atoms with Gasteiger partial charge < -0.3 is 10.4 Å². The fourth-order valence-electron chi connectivity index (χ4n) is 2.19. The average Bonchev–Trinajstić information content (AvgIpc) is 2.52. The maximum absolute atomic E-state index is 12.4. The molecule has 1 atom stereocenters. The van der Waals surface area contributed by atoms with E-state index in [0.29, 0.717) is 20.8 Å². The Bertz CT molecular complexity index is 747. The molecular weight excluding hydrogens is 373 g/mol. The number of hydrogen-bond acceptors (Lipinski definition) is 2. The van der Waals surface area contributed by atoms with Crippen molar-refractivity contribution in [1.29, 1.82) is 0 Å². The molecule has 2 aromatic carbocycles. The highest BCUT2D eigenvalue weighted by Crippen LogP contribution is 2.26. The standard InChI is InChI=1S/C17H14Cl3NO3/c18-12-3-1-10(2-4-12)7-11(8-16(22)23)17(24)21-13-5-6-14(19)15(20)9-13/h1-6,9,11H,7-8H2,(H,21,24)(H,22,23)/t11-/m1/s1. The zero-order valence-corrected chi connectivity index (χ0v) is 14.7. The number of anilines is 1. The van der Waals surface area contributed by atoms with Gasteiger partial charge in [-0.2, -0.15) is 0 Å². The molecule has 24 heavy (non-hydrogen) atoms. The van der Waals surface area contributed by atoms with E-state index in [1.807, 2.05) is 0 Å². The maximum Gasteiger partial charge on any atom is 0.304 e. The molecule has 0 fully saturated rings. The fraction of sp³-hybridized carbons (Fsp3) is 0.176. The van der Waals surface area contributed by atoms with E-state index in [9.17, 15) is 9.59 Å². The first-order valence-electron chi connectivity index (χ1n) is 7.07. The predicted octanol–water partition coefficient (Wildman–Crippen LogP) is 4.92. The minimum absolute atomic E-state index is 0.282. The Hall–Kier alpha value is -1.75. The van der Waals surface area contributed by atoms with Crippen LogP contribution < -0.4 is 5.32 Å². The van der Waals surface area contributed by atoms with Crippen LogP contribution in [0.2, 0.25) is 15.1 Å². The smallest absolute Gasteiger partial charge is 0.304 e. The van der Waals surface area contributed by atoms with Crippen molar-refractivity contribution in [3.8, 4) is 0 Å². The molecule has 0 aromatic heterocycles. The molecule has 0 saturated carbocycles. The molecule has 2 rings (SSSR count). The summed E-state index contributed by atoms with van der Waals surface area (Å²) in [6.07, 6.45) is 0.00635. The number of benzene rings is 2. The lowest BCUT2D eigenvalue weighted by molar-refractivity contribution is -0.140. The summed E-state index contributed by atoms with van der Waals surface area (Å²) in [5.74, 6) is -2.16. The number of carbonyl (C=O) groups is 2. The van der Waals surface area contributed by atoms with Crippen LogP contribution in [0.25, 0.3) is 0 Å². The molecule has 0 spiro atoms. The Kier molecular flexibility index (Phi) is 6.49. The summed E-state index contributed by atoms with van der Waals surface area (Å²) < 4.78 is 0. The Morgan fingerprint density at radius 3 is 2.25 bits per heavy atom. The normalized spacial score (nSPS) is 11.8. The van der Waals surface area contributed by atoms with E-state index in [-0.39, 0.29) is 12.8 Å². The molecular formula is C17H14Cl3NO3. The quantitative estimate of drug-likeness (QED) is 0.740. The summed E-state index contributed by atoms with van der Waals surface area (Å²) in [6.45, 7) is 0. The fourth-order valence-corrected chi connectivity index (χ4v) is 2.62. The molecule has 7 heteroatoms. The second kappa shape index (κ2) is 8.38. The van der Waals surface area contributed by atoms with Crippen molar-refractivity contribution in [2.24, 2.45) is 5.92 Å². The zero-order chi connectivity index (χ0) is 17.7. The lowest BCUT2D eigenvalue weighted by atomic mass is 9.95. The lowest BCUT2D eigenvalue weighted by Gasteiger charge is -2.15. The molecule has 0 aliphatic carbocycles. The number of carboxylic acids is 1. The third-order valence-corrected chi connectivity index (χ3v) is 4.37. The molecule has 0 aliphatic rings. The van der Waals surface area contributed by atoms with Gasteiger partial charge >= 0.3 is 5.97 Å². The Labute approximate surface area is 154 Å². The molecule has 126 valence electrons. The monoisotopic (exact) mass is 385 g/mol. The predicted molar refractivity (Wildman–Crippen MR) is 96.0 cm³/mol. The van der Waals surface area contributed by atoms with E-state index in [1.165, 1.54) is 6.07 Å². The van der Waals surface area contributed by atoms with Crippen molar-refractivity contribution in [2.45, 2.75) is 12.8 Å². The van der Waals surface area contributed by atoms with Crippen molar-refractivity contribution in [3.63, 3.8) is 0 Å². The van der Waals surface area contributed by atoms with Crippen molar-refractivity contribution >= 4 is 52.4 Å². The summed E-state index contributed by atoms with van der Waals surface area (Å²) in [5.41, 5.74) is 1.29. The highest BCUT2D eigenvalue weighted by molar-refractivity contribution is 6.42. The van der Waals surface area contributed by atoms with Crippen LogP contribution in [0.15, 0.2) is 42.5 Å². The SMILES string of the molecule is O=C(O)C[C@@H](Cc1ccc(Cl)cc1)C(=O)Nc1ccc(Cl)c(Cl)c1. The summed E-state index contributed by atoms with van der Waals surface area (Å²) >= 11 is 17.6. The van der Waals surface area contributed by atoms with Gasteiger partial charge in [-0.3, -0.25) is 9.59 Å². The van der Waals surface area contributed by atoms with E-state index in [1.54, 1.807) is 36.4 Å². The first-order chi connectivity index (χ1) is 11.3. The highest BCUT2D eigenvalue weighted by Gasteiger charge is 2.22. The van der Waals surface area contributed by atoms with Crippen molar-refractivity contribution in [2.75, 3.05) is 5.32 Å². The van der Waals surface area contributed by atoms with E-state index >= 15 is 0 Å². The Morgan fingerprint density at radius 2 is 1.67 bits per heavy atom. The molecule has 0 aliphatic heterocycles. The summed E-state index contributed by atoms with van der Waals surface area (Å²) in [7, 11) is 0. The summed E-state index contributed by atoms with van der Waals surface area (Å²) in [4.78, 5) is 23.5. The largest absolute Gasteiger partial charge is 0.481 e. The summed E-state index contributed by atoms with van der Waals surface area (Å²) in [6, 6.07) is 11.6. The molecule has 0 unspecified atom stereocenters. The number of rotatable bonds is 6. The number of hydrogen-bond donors (Lipinski definition) is 2. The average molecular weight is 387 g/mol. The van der Waals surface area contributed by atoms with E-state index in [2.05, 4.69) is 5.32 Å². The zero-order valence-electron chi connectivity index (χ0n) is 12.4. The van der Waals surface area contributed by atoms with Gasteiger partial charge in [-0.25, -0.2) is 0 Å². The second-order valence-electron chi connectivity index (χ2n) is 5.24. The summed E-state index contributed by atoms with van der Waals surface area (Å²) in [5, 5.41) is 13.0. The first kappa shape index (κ1) is 18.6. The number of carboxylic acid groups (broad SMARTS) is 1. The van der Waals surface area contributed by atoms with E-state index in [0.717, 1.165) is 5.56 Å². The van der Waals surface area contributed by atoms with Crippen molar-refractivity contribution in [3.05, 3.63) is 63.1 Å². The van der Waals surface area contributed by atoms with Crippen molar-refractivity contribution < 1.29 is 14.7 Å². The molecule has 2 N–H and O–H groups in total. The molecule has 0 heterocycles. The number of amides is 1. The van der Waals surface area contributed by atoms with Gasteiger partial charge in [0, 0.05) is 10.7 Å². The van der Waals surface area contributed by atoms with Crippen LogP contribution in [-0.4, -0.2) is 17.0 Å². The topological polar surface area (TPSA) is 66.4 Å². The maximum atomic E-state index is 12.4. The van der Waals surface area contributed by atoms with Crippen LogP contribution in [0, 0.1) is 5.92 Å². The number of carbonyl (C=O) groups excluding carboxylic acids is 1. The van der Waals surface area contributed by atoms with Crippen LogP contribution >= 0.6 is 34.8 Å². The highest BCUT2D eigenvalue weighted by atomic mass is 35.5. The van der Waals surface area contributed by atoms with Gasteiger partial charge in [-0.05, 0) is 42.3 Å². The third kappa shape index (κ3) is 5.41. The second-order valence-corrected chi connectivity index (χ2v) is 6.49.